The van der Waals surface area contributed by atoms with Crippen LogP contribution in [-0.4, -0.2) is 52.6 Å². The molecular formula is C24H24N2O3. The summed E-state index contributed by atoms with van der Waals surface area (Å²) in [5.41, 5.74) is 2.14. The van der Waals surface area contributed by atoms with Crippen molar-refractivity contribution in [2.75, 3.05) is 19.6 Å². The number of hydrogen-bond acceptors (Lipinski definition) is 2. The van der Waals surface area contributed by atoms with Gasteiger partial charge in [0.05, 0.1) is 0 Å². The molecule has 1 N–H and O–H groups in total. The molecule has 0 aliphatic carbocycles. The second-order valence-electron chi connectivity index (χ2n) is 7.44. The van der Waals surface area contributed by atoms with E-state index in [2.05, 4.69) is 0 Å². The van der Waals surface area contributed by atoms with Crippen LogP contribution in [0.4, 0.5) is 4.79 Å². The molecule has 3 aromatic rings. The van der Waals surface area contributed by atoms with Gasteiger partial charge in [0.2, 0.25) is 5.91 Å². The zero-order valence-electron chi connectivity index (χ0n) is 16.2. The third-order valence-corrected chi connectivity index (χ3v) is 5.59. The fourth-order valence-corrected chi connectivity index (χ4v) is 3.98. The van der Waals surface area contributed by atoms with Crippen molar-refractivity contribution in [1.29, 1.82) is 0 Å². The maximum absolute atomic E-state index is 13.2. The van der Waals surface area contributed by atoms with Gasteiger partial charge in [0.1, 0.15) is 6.04 Å². The van der Waals surface area contributed by atoms with E-state index in [1.807, 2.05) is 72.8 Å². The number of piperazine rings is 1. The van der Waals surface area contributed by atoms with E-state index in [0.29, 0.717) is 26.1 Å². The predicted octanol–water partition coefficient (Wildman–Crippen LogP) is 3.82. The highest BCUT2D eigenvalue weighted by Crippen LogP contribution is 2.21. The van der Waals surface area contributed by atoms with Gasteiger partial charge in [-0.05, 0) is 28.3 Å². The summed E-state index contributed by atoms with van der Waals surface area (Å²) < 4.78 is 0. The Morgan fingerprint density at radius 3 is 2.38 bits per heavy atom. The van der Waals surface area contributed by atoms with Gasteiger partial charge in [0.25, 0.3) is 0 Å². The van der Waals surface area contributed by atoms with Crippen molar-refractivity contribution < 1.29 is 14.7 Å². The summed E-state index contributed by atoms with van der Waals surface area (Å²) in [6, 6.07) is 23.5. The lowest BCUT2D eigenvalue weighted by Crippen LogP contribution is -2.59. The summed E-state index contributed by atoms with van der Waals surface area (Å²) in [7, 11) is 0. The molecule has 2 amide bonds. The van der Waals surface area contributed by atoms with Crippen molar-refractivity contribution in [2.45, 2.75) is 18.9 Å². The first kappa shape index (κ1) is 19.0. The third kappa shape index (κ3) is 4.24. The highest BCUT2D eigenvalue weighted by atomic mass is 16.4. The summed E-state index contributed by atoms with van der Waals surface area (Å²) in [6.07, 6.45) is 0.118. The molecule has 1 aliphatic rings. The standard InChI is InChI=1S/C24H24N2O3/c27-23-22(17-19-10-11-20-8-4-5-9-21(20)16-19)26(24(28)29)15-14-25(23)13-12-18-6-2-1-3-7-18/h1-11,16,22H,12-15,17H2,(H,28,29)/t22-/m1/s1. The summed E-state index contributed by atoms with van der Waals surface area (Å²) in [5, 5.41) is 11.8. The van der Waals surface area contributed by atoms with E-state index in [9.17, 15) is 14.7 Å². The number of carbonyl (C=O) groups excluding carboxylic acids is 1. The molecule has 148 valence electrons. The van der Waals surface area contributed by atoms with E-state index in [4.69, 9.17) is 0 Å². The smallest absolute Gasteiger partial charge is 0.408 e. The van der Waals surface area contributed by atoms with Gasteiger partial charge in [-0.25, -0.2) is 4.79 Å². The Labute approximate surface area is 170 Å². The SMILES string of the molecule is O=C1[C@@H](Cc2ccc3ccccc3c2)N(C(=O)O)CCN1CCc1ccccc1. The van der Waals surface area contributed by atoms with Gasteiger partial charge in [-0.15, -0.1) is 0 Å². The largest absolute Gasteiger partial charge is 0.465 e. The Bertz CT molecular complexity index is 1020. The van der Waals surface area contributed by atoms with Crippen molar-refractivity contribution in [1.82, 2.24) is 9.80 Å². The summed E-state index contributed by atoms with van der Waals surface area (Å²) in [4.78, 5) is 28.0. The number of amides is 2. The summed E-state index contributed by atoms with van der Waals surface area (Å²) >= 11 is 0. The molecular weight excluding hydrogens is 364 g/mol. The summed E-state index contributed by atoms with van der Waals surface area (Å²) in [6.45, 7) is 1.38. The predicted molar refractivity (Wildman–Crippen MR) is 113 cm³/mol. The Hall–Kier alpha value is -3.34. The minimum atomic E-state index is -1.04. The van der Waals surface area contributed by atoms with Crippen LogP contribution in [0.1, 0.15) is 11.1 Å². The molecule has 1 saturated heterocycles. The molecule has 1 fully saturated rings. The van der Waals surface area contributed by atoms with Crippen molar-refractivity contribution in [2.24, 2.45) is 0 Å². The lowest BCUT2D eigenvalue weighted by Gasteiger charge is -2.39. The highest BCUT2D eigenvalue weighted by molar-refractivity contribution is 5.87. The van der Waals surface area contributed by atoms with Gasteiger partial charge in [-0.1, -0.05) is 72.8 Å². The second kappa shape index (κ2) is 8.35. The monoisotopic (exact) mass is 388 g/mol. The third-order valence-electron chi connectivity index (χ3n) is 5.59. The van der Waals surface area contributed by atoms with E-state index < -0.39 is 12.1 Å². The van der Waals surface area contributed by atoms with Crippen LogP contribution in [0.25, 0.3) is 10.8 Å². The fourth-order valence-electron chi connectivity index (χ4n) is 3.98. The topological polar surface area (TPSA) is 60.9 Å². The molecule has 5 nitrogen and oxygen atoms in total. The van der Waals surface area contributed by atoms with Crippen LogP contribution in [0.5, 0.6) is 0 Å². The lowest BCUT2D eigenvalue weighted by atomic mass is 9.98. The van der Waals surface area contributed by atoms with Crippen LogP contribution in [0.3, 0.4) is 0 Å². The molecule has 0 saturated carbocycles. The first-order valence-electron chi connectivity index (χ1n) is 9.92. The Balaban J connectivity index is 1.52. The number of carbonyl (C=O) groups is 2. The molecule has 1 heterocycles. The van der Waals surface area contributed by atoms with Crippen LogP contribution in [-0.2, 0) is 17.6 Å². The minimum absolute atomic E-state index is 0.109. The van der Waals surface area contributed by atoms with Crippen molar-refractivity contribution in [3.63, 3.8) is 0 Å². The van der Waals surface area contributed by atoms with E-state index in [1.54, 1.807) is 4.90 Å². The maximum Gasteiger partial charge on any atom is 0.408 e. The average Bonchev–Trinajstić information content (AvgIpc) is 2.74. The van der Waals surface area contributed by atoms with Crippen LogP contribution in [0, 0.1) is 0 Å². The van der Waals surface area contributed by atoms with E-state index in [-0.39, 0.29) is 5.91 Å². The number of nitrogens with zero attached hydrogens (tertiary/aromatic N) is 2. The molecule has 5 heteroatoms. The molecule has 0 unspecified atom stereocenters. The summed E-state index contributed by atoms with van der Waals surface area (Å²) in [5.74, 6) is -0.109. The van der Waals surface area contributed by atoms with Gasteiger partial charge < -0.3 is 10.0 Å². The Morgan fingerprint density at radius 2 is 1.62 bits per heavy atom. The number of benzene rings is 3. The Kier molecular flexibility index (Phi) is 5.47. The van der Waals surface area contributed by atoms with E-state index in [1.165, 1.54) is 10.5 Å². The van der Waals surface area contributed by atoms with Crippen LogP contribution < -0.4 is 0 Å². The fraction of sp³-hybridized carbons (Fsp3) is 0.250. The molecule has 0 aromatic heterocycles. The van der Waals surface area contributed by atoms with Gasteiger partial charge in [0.15, 0.2) is 0 Å². The maximum atomic E-state index is 13.2. The molecule has 3 aromatic carbocycles. The normalized spacial score (nSPS) is 17.0. The number of rotatable bonds is 5. The van der Waals surface area contributed by atoms with Crippen molar-refractivity contribution in [3.05, 3.63) is 83.9 Å². The molecule has 0 bridgehead atoms. The van der Waals surface area contributed by atoms with Crippen LogP contribution in [0.2, 0.25) is 0 Å². The van der Waals surface area contributed by atoms with Gasteiger partial charge in [-0.2, -0.15) is 0 Å². The van der Waals surface area contributed by atoms with Crippen molar-refractivity contribution in [3.8, 4) is 0 Å². The second-order valence-corrected chi connectivity index (χ2v) is 7.44. The van der Waals surface area contributed by atoms with Gasteiger partial charge in [-0.3, -0.25) is 9.69 Å². The minimum Gasteiger partial charge on any atom is -0.465 e. The first-order valence-corrected chi connectivity index (χ1v) is 9.92. The Morgan fingerprint density at radius 1 is 0.897 bits per heavy atom. The average molecular weight is 388 g/mol. The highest BCUT2D eigenvalue weighted by Gasteiger charge is 2.37. The van der Waals surface area contributed by atoms with Gasteiger partial charge in [0, 0.05) is 26.1 Å². The quantitative estimate of drug-likeness (QED) is 0.723. The van der Waals surface area contributed by atoms with Crippen LogP contribution in [0.15, 0.2) is 72.8 Å². The molecule has 29 heavy (non-hydrogen) atoms. The molecule has 1 atom stereocenters. The molecule has 4 rings (SSSR count). The molecule has 0 spiro atoms. The number of fused-ring (bicyclic) bond motifs is 1. The first-order chi connectivity index (χ1) is 14.1. The van der Waals surface area contributed by atoms with Crippen molar-refractivity contribution >= 4 is 22.8 Å². The van der Waals surface area contributed by atoms with E-state index >= 15 is 0 Å². The zero-order valence-corrected chi connectivity index (χ0v) is 16.2. The number of carboxylic acid groups (broad SMARTS) is 1. The molecule has 1 aliphatic heterocycles. The lowest BCUT2D eigenvalue weighted by molar-refractivity contribution is -0.140. The van der Waals surface area contributed by atoms with Crippen LogP contribution >= 0.6 is 0 Å². The number of hydrogen-bond donors (Lipinski definition) is 1. The molecule has 0 radical (unpaired) electrons. The van der Waals surface area contributed by atoms with Gasteiger partial charge >= 0.3 is 6.09 Å². The van der Waals surface area contributed by atoms with E-state index in [0.717, 1.165) is 22.8 Å². The zero-order chi connectivity index (χ0) is 20.2.